The Labute approximate surface area is 168 Å². The van der Waals surface area contributed by atoms with Crippen molar-refractivity contribution in [1.29, 1.82) is 0 Å². The number of nitrogens with zero attached hydrogens (tertiary/aromatic N) is 3. The van der Waals surface area contributed by atoms with Crippen LogP contribution in [0, 0.1) is 12.8 Å². The Kier molecular flexibility index (Phi) is 4.39. The normalized spacial score (nSPS) is 13.7. The summed E-state index contributed by atoms with van der Waals surface area (Å²) in [5.41, 5.74) is 3.61. The fourth-order valence-corrected chi connectivity index (χ4v) is 3.59. The Morgan fingerprint density at radius 1 is 1.10 bits per heavy atom. The predicted octanol–water partition coefficient (Wildman–Crippen LogP) is 3.92. The van der Waals surface area contributed by atoms with Gasteiger partial charge in [0.05, 0.1) is 5.69 Å². The monoisotopic (exact) mass is 386 g/mol. The SMILES string of the molecule is Cc1cccc(CC2CC2)c1OCc1cc(=O)n2[nH]c(-c3ccccc3)nc2n1. The molecule has 6 heteroatoms. The van der Waals surface area contributed by atoms with Crippen LogP contribution in [0.2, 0.25) is 0 Å². The van der Waals surface area contributed by atoms with E-state index in [1.165, 1.54) is 29.0 Å². The average molecular weight is 386 g/mol. The molecule has 0 amide bonds. The smallest absolute Gasteiger partial charge is 0.274 e. The molecule has 0 atom stereocenters. The largest absolute Gasteiger partial charge is 0.487 e. The highest BCUT2D eigenvalue weighted by molar-refractivity contribution is 5.56. The van der Waals surface area contributed by atoms with Crippen LogP contribution in [0.5, 0.6) is 5.75 Å². The van der Waals surface area contributed by atoms with Crippen molar-refractivity contribution in [2.24, 2.45) is 5.92 Å². The van der Waals surface area contributed by atoms with Crippen LogP contribution in [0.4, 0.5) is 0 Å². The van der Waals surface area contributed by atoms with Crippen molar-refractivity contribution < 1.29 is 4.74 Å². The molecule has 1 N–H and O–H groups in total. The second-order valence-electron chi connectivity index (χ2n) is 7.66. The van der Waals surface area contributed by atoms with E-state index in [1.807, 2.05) is 30.3 Å². The van der Waals surface area contributed by atoms with E-state index in [-0.39, 0.29) is 12.2 Å². The van der Waals surface area contributed by atoms with Crippen LogP contribution in [-0.4, -0.2) is 19.6 Å². The molecule has 1 aliphatic carbocycles. The third-order valence-electron chi connectivity index (χ3n) is 5.29. The standard InChI is InChI=1S/C23H22N4O2/c1-15-6-5-9-18(12-16-10-11-16)21(15)29-14-19-13-20(28)27-23(24-19)25-22(26-27)17-7-3-2-4-8-17/h2-9,13,16H,10-12,14H2,1H3,(H,24,25,26). The van der Waals surface area contributed by atoms with Crippen molar-refractivity contribution in [2.45, 2.75) is 32.8 Å². The van der Waals surface area contributed by atoms with E-state index in [4.69, 9.17) is 4.74 Å². The number of ether oxygens (including phenoxy) is 1. The van der Waals surface area contributed by atoms with E-state index >= 15 is 0 Å². The van der Waals surface area contributed by atoms with Crippen molar-refractivity contribution in [3.63, 3.8) is 0 Å². The van der Waals surface area contributed by atoms with Crippen LogP contribution < -0.4 is 10.3 Å². The summed E-state index contributed by atoms with van der Waals surface area (Å²) in [5, 5.41) is 3.02. The van der Waals surface area contributed by atoms with Gasteiger partial charge in [0.25, 0.3) is 11.3 Å². The molecule has 2 aromatic carbocycles. The van der Waals surface area contributed by atoms with Crippen LogP contribution in [0.15, 0.2) is 59.4 Å². The molecular formula is C23H22N4O2. The minimum absolute atomic E-state index is 0.203. The van der Waals surface area contributed by atoms with E-state index in [0.29, 0.717) is 17.3 Å². The van der Waals surface area contributed by atoms with Crippen molar-refractivity contribution in [2.75, 3.05) is 0 Å². The maximum Gasteiger partial charge on any atom is 0.274 e. The lowest BCUT2D eigenvalue weighted by atomic mass is 10.0. The Morgan fingerprint density at radius 2 is 1.93 bits per heavy atom. The number of hydrogen-bond acceptors (Lipinski definition) is 4. The summed E-state index contributed by atoms with van der Waals surface area (Å²) in [6.45, 7) is 2.29. The van der Waals surface area contributed by atoms with Gasteiger partial charge in [0.15, 0.2) is 5.82 Å². The molecule has 29 heavy (non-hydrogen) atoms. The number of aromatic amines is 1. The van der Waals surface area contributed by atoms with Crippen LogP contribution >= 0.6 is 0 Å². The molecule has 4 aromatic rings. The maximum atomic E-state index is 12.5. The van der Waals surface area contributed by atoms with Gasteiger partial charge in [-0.05, 0) is 43.2 Å². The van der Waals surface area contributed by atoms with Crippen molar-refractivity contribution >= 4 is 5.78 Å². The first-order valence-electron chi connectivity index (χ1n) is 9.93. The Bertz CT molecular complexity index is 1220. The number of nitrogens with one attached hydrogen (secondary N) is 1. The minimum atomic E-state index is -0.203. The number of rotatable bonds is 6. The molecule has 0 aliphatic heterocycles. The first-order valence-corrected chi connectivity index (χ1v) is 9.93. The second-order valence-corrected chi connectivity index (χ2v) is 7.66. The number of para-hydroxylation sites is 1. The van der Waals surface area contributed by atoms with Crippen LogP contribution in [0.25, 0.3) is 17.2 Å². The summed E-state index contributed by atoms with van der Waals surface area (Å²) in [6.07, 6.45) is 3.64. The molecule has 1 fully saturated rings. The number of fused-ring (bicyclic) bond motifs is 1. The number of aryl methyl sites for hydroxylation is 1. The van der Waals surface area contributed by atoms with Crippen molar-refractivity contribution in [3.05, 3.63) is 81.8 Å². The first-order chi connectivity index (χ1) is 14.2. The van der Waals surface area contributed by atoms with Crippen LogP contribution in [0.3, 0.4) is 0 Å². The molecule has 0 radical (unpaired) electrons. The van der Waals surface area contributed by atoms with Crippen LogP contribution in [-0.2, 0) is 13.0 Å². The summed E-state index contributed by atoms with van der Waals surface area (Å²) < 4.78 is 7.49. The highest BCUT2D eigenvalue weighted by atomic mass is 16.5. The van der Waals surface area contributed by atoms with Gasteiger partial charge in [-0.3, -0.25) is 9.89 Å². The lowest BCUT2D eigenvalue weighted by Gasteiger charge is -2.13. The van der Waals surface area contributed by atoms with Gasteiger partial charge in [-0.2, -0.15) is 9.50 Å². The summed E-state index contributed by atoms with van der Waals surface area (Å²) >= 11 is 0. The molecule has 0 spiro atoms. The topological polar surface area (TPSA) is 72.3 Å². The van der Waals surface area contributed by atoms with Gasteiger partial charge in [-0.15, -0.1) is 0 Å². The molecule has 5 rings (SSSR count). The summed E-state index contributed by atoms with van der Waals surface area (Å²) in [6, 6.07) is 17.4. The highest BCUT2D eigenvalue weighted by Crippen LogP contribution is 2.36. The minimum Gasteiger partial charge on any atom is -0.487 e. The van der Waals surface area contributed by atoms with E-state index in [2.05, 4.69) is 40.2 Å². The van der Waals surface area contributed by atoms with Crippen LogP contribution in [0.1, 0.15) is 29.7 Å². The van der Waals surface area contributed by atoms with E-state index in [0.717, 1.165) is 29.2 Å². The number of aromatic nitrogens is 4. The highest BCUT2D eigenvalue weighted by Gasteiger charge is 2.23. The quantitative estimate of drug-likeness (QED) is 0.545. The van der Waals surface area contributed by atoms with Gasteiger partial charge in [0, 0.05) is 11.6 Å². The van der Waals surface area contributed by atoms with Gasteiger partial charge < -0.3 is 4.74 Å². The van der Waals surface area contributed by atoms with Gasteiger partial charge in [0.1, 0.15) is 12.4 Å². The number of hydrogen-bond donors (Lipinski definition) is 1. The lowest BCUT2D eigenvalue weighted by Crippen LogP contribution is -2.16. The Morgan fingerprint density at radius 3 is 2.72 bits per heavy atom. The zero-order valence-electron chi connectivity index (χ0n) is 16.3. The Balaban J connectivity index is 1.42. The summed E-state index contributed by atoms with van der Waals surface area (Å²) in [4.78, 5) is 21.5. The zero-order chi connectivity index (χ0) is 19.8. The molecule has 146 valence electrons. The van der Waals surface area contributed by atoms with Gasteiger partial charge in [0.2, 0.25) is 0 Å². The van der Waals surface area contributed by atoms with Crippen molar-refractivity contribution in [3.8, 4) is 17.1 Å². The molecule has 6 nitrogen and oxygen atoms in total. The predicted molar refractivity (Wildman–Crippen MR) is 111 cm³/mol. The first kappa shape index (κ1) is 17.7. The van der Waals surface area contributed by atoms with Gasteiger partial charge >= 0.3 is 0 Å². The number of benzene rings is 2. The van der Waals surface area contributed by atoms with Gasteiger partial charge in [-0.25, -0.2) is 4.98 Å². The molecule has 0 saturated heterocycles. The fraction of sp³-hybridized carbons (Fsp3) is 0.261. The molecule has 0 bridgehead atoms. The summed E-state index contributed by atoms with van der Waals surface area (Å²) in [7, 11) is 0. The molecule has 1 aliphatic rings. The number of H-pyrrole nitrogens is 1. The third-order valence-corrected chi connectivity index (χ3v) is 5.29. The fourth-order valence-electron chi connectivity index (χ4n) is 3.59. The maximum absolute atomic E-state index is 12.5. The van der Waals surface area contributed by atoms with Gasteiger partial charge in [-0.1, -0.05) is 48.5 Å². The van der Waals surface area contributed by atoms with E-state index < -0.39 is 0 Å². The molecular weight excluding hydrogens is 364 g/mol. The lowest BCUT2D eigenvalue weighted by molar-refractivity contribution is 0.295. The molecule has 0 unspecified atom stereocenters. The molecule has 1 saturated carbocycles. The molecule has 2 aromatic heterocycles. The third kappa shape index (κ3) is 3.66. The van der Waals surface area contributed by atoms with E-state index in [1.54, 1.807) is 0 Å². The summed E-state index contributed by atoms with van der Waals surface area (Å²) in [5.74, 6) is 2.64. The Hall–Kier alpha value is -3.41. The average Bonchev–Trinajstić information content (AvgIpc) is 3.43. The van der Waals surface area contributed by atoms with E-state index in [9.17, 15) is 4.79 Å². The zero-order valence-corrected chi connectivity index (χ0v) is 16.3. The second kappa shape index (κ2) is 7.20. The van der Waals surface area contributed by atoms with Crippen molar-refractivity contribution in [1.82, 2.24) is 19.6 Å². The molecule has 2 heterocycles.